The molecule has 3 rings (SSSR count). The van der Waals surface area contributed by atoms with Crippen LogP contribution >= 0.6 is 0 Å². The summed E-state index contributed by atoms with van der Waals surface area (Å²) in [5, 5.41) is 13.6. The Labute approximate surface area is 155 Å². The molecule has 5 nitrogen and oxygen atoms in total. The van der Waals surface area contributed by atoms with Crippen molar-refractivity contribution in [3.05, 3.63) is 59.0 Å². The van der Waals surface area contributed by atoms with Crippen LogP contribution in [0.1, 0.15) is 54.6 Å². The number of urea groups is 1. The van der Waals surface area contributed by atoms with E-state index in [0.29, 0.717) is 13.1 Å². The molecular weight excluding hydrogens is 328 g/mol. The van der Waals surface area contributed by atoms with Crippen LogP contribution in [0.2, 0.25) is 0 Å². The molecule has 2 amide bonds. The van der Waals surface area contributed by atoms with E-state index in [1.165, 1.54) is 0 Å². The van der Waals surface area contributed by atoms with E-state index in [4.69, 9.17) is 4.42 Å². The molecule has 1 aromatic heterocycles. The fraction of sp³-hybridized carbons (Fsp3) is 0.476. The molecule has 2 unspecified atom stereocenters. The number of furan rings is 1. The Morgan fingerprint density at radius 2 is 1.88 bits per heavy atom. The molecule has 0 spiro atoms. The average Bonchev–Trinajstić information content (AvgIpc) is 3.00. The summed E-state index contributed by atoms with van der Waals surface area (Å²) in [5.41, 5.74) is 1.97. The van der Waals surface area contributed by atoms with Crippen molar-refractivity contribution in [1.82, 2.24) is 10.2 Å². The Kier molecular flexibility index (Phi) is 5.67. The zero-order valence-electron chi connectivity index (χ0n) is 15.7. The van der Waals surface area contributed by atoms with E-state index in [9.17, 15) is 9.90 Å². The van der Waals surface area contributed by atoms with Crippen LogP contribution in [0.5, 0.6) is 0 Å². The zero-order valence-corrected chi connectivity index (χ0v) is 15.7. The van der Waals surface area contributed by atoms with Gasteiger partial charge in [0.1, 0.15) is 11.5 Å². The maximum Gasteiger partial charge on any atom is 0.317 e. The molecular formula is C21H28N2O3. The van der Waals surface area contributed by atoms with Crippen molar-refractivity contribution in [2.45, 2.75) is 45.8 Å². The van der Waals surface area contributed by atoms with Crippen LogP contribution in [0.4, 0.5) is 4.79 Å². The van der Waals surface area contributed by atoms with E-state index in [1.54, 1.807) is 0 Å². The third-order valence-electron chi connectivity index (χ3n) is 5.30. The normalized spacial score (nSPS) is 17.8. The highest BCUT2D eigenvalue weighted by atomic mass is 16.3. The van der Waals surface area contributed by atoms with E-state index >= 15 is 0 Å². The second-order valence-electron chi connectivity index (χ2n) is 7.22. The zero-order chi connectivity index (χ0) is 18.7. The minimum atomic E-state index is -0.461. The number of aliphatic hydroxyl groups excluding tert-OH is 1. The number of nitrogens with one attached hydrogen (secondary N) is 1. The molecule has 2 atom stereocenters. The third kappa shape index (κ3) is 4.10. The minimum absolute atomic E-state index is 0.0524. The van der Waals surface area contributed by atoms with E-state index in [-0.39, 0.29) is 18.0 Å². The molecule has 2 aromatic rings. The van der Waals surface area contributed by atoms with Crippen molar-refractivity contribution >= 4 is 6.03 Å². The van der Waals surface area contributed by atoms with Crippen molar-refractivity contribution in [3.8, 4) is 0 Å². The van der Waals surface area contributed by atoms with E-state index in [2.05, 4.69) is 5.32 Å². The number of carbonyl (C=O) groups excluding carboxylic acids is 1. The average molecular weight is 356 g/mol. The number of likely N-dealkylation sites (tertiary alicyclic amines) is 1. The summed E-state index contributed by atoms with van der Waals surface area (Å²) >= 11 is 0. The smallest absolute Gasteiger partial charge is 0.317 e. The number of piperidine rings is 1. The summed E-state index contributed by atoms with van der Waals surface area (Å²) in [4.78, 5) is 14.4. The molecule has 0 saturated carbocycles. The molecule has 1 aliphatic heterocycles. The van der Waals surface area contributed by atoms with Gasteiger partial charge in [0.15, 0.2) is 0 Å². The lowest BCUT2D eigenvalue weighted by atomic mass is 9.87. The lowest BCUT2D eigenvalue weighted by Crippen LogP contribution is -2.45. The summed E-state index contributed by atoms with van der Waals surface area (Å²) in [5.74, 6) is 1.90. The van der Waals surface area contributed by atoms with Crippen LogP contribution in [0.25, 0.3) is 0 Å². The molecule has 2 N–H and O–H groups in total. The molecule has 26 heavy (non-hydrogen) atoms. The number of rotatable bonds is 4. The van der Waals surface area contributed by atoms with Gasteiger partial charge in [-0.25, -0.2) is 4.79 Å². The number of nitrogens with zero attached hydrogens (tertiary/aromatic N) is 1. The van der Waals surface area contributed by atoms with Gasteiger partial charge < -0.3 is 19.7 Å². The van der Waals surface area contributed by atoms with Crippen LogP contribution in [0.3, 0.4) is 0 Å². The van der Waals surface area contributed by atoms with E-state index < -0.39 is 6.10 Å². The summed E-state index contributed by atoms with van der Waals surface area (Å²) in [6.45, 7) is 7.13. The van der Waals surface area contributed by atoms with Gasteiger partial charge in [0.2, 0.25) is 0 Å². The Morgan fingerprint density at radius 3 is 2.46 bits per heavy atom. The predicted octanol–water partition coefficient (Wildman–Crippen LogP) is 4.11. The Bertz CT molecular complexity index is 733. The molecule has 0 bridgehead atoms. The maximum absolute atomic E-state index is 12.6. The second kappa shape index (κ2) is 7.96. The number of hydrogen-bond donors (Lipinski definition) is 2. The summed E-state index contributed by atoms with van der Waals surface area (Å²) in [6, 6.07) is 11.6. The molecule has 1 fully saturated rings. The van der Waals surface area contributed by atoms with Gasteiger partial charge in [-0.1, -0.05) is 30.3 Å². The Hall–Kier alpha value is -2.27. The fourth-order valence-electron chi connectivity index (χ4n) is 3.78. The Balaban J connectivity index is 1.53. The van der Waals surface area contributed by atoms with Crippen LogP contribution in [0.15, 0.2) is 40.8 Å². The summed E-state index contributed by atoms with van der Waals surface area (Å²) in [7, 11) is 0. The highest BCUT2D eigenvalue weighted by molar-refractivity contribution is 5.74. The third-order valence-corrected chi connectivity index (χ3v) is 5.30. The number of aryl methyl sites for hydroxylation is 2. The van der Waals surface area contributed by atoms with Crippen molar-refractivity contribution in [1.29, 1.82) is 0 Å². The predicted molar refractivity (Wildman–Crippen MR) is 101 cm³/mol. The van der Waals surface area contributed by atoms with Gasteiger partial charge in [0.25, 0.3) is 0 Å². The summed E-state index contributed by atoms with van der Waals surface area (Å²) in [6.07, 6.45) is 1.15. The summed E-state index contributed by atoms with van der Waals surface area (Å²) < 4.78 is 5.55. The fourth-order valence-corrected chi connectivity index (χ4v) is 3.78. The van der Waals surface area contributed by atoms with Crippen LogP contribution in [0, 0.1) is 19.8 Å². The van der Waals surface area contributed by atoms with Gasteiger partial charge in [-0.3, -0.25) is 0 Å². The first-order chi connectivity index (χ1) is 12.5. The van der Waals surface area contributed by atoms with Crippen LogP contribution in [-0.2, 0) is 0 Å². The molecule has 2 heterocycles. The van der Waals surface area contributed by atoms with E-state index in [1.807, 2.05) is 62.1 Å². The van der Waals surface area contributed by atoms with Crippen LogP contribution < -0.4 is 5.32 Å². The number of carbonyl (C=O) groups is 1. The molecule has 1 aliphatic rings. The molecule has 0 radical (unpaired) electrons. The van der Waals surface area contributed by atoms with Crippen molar-refractivity contribution in [3.63, 3.8) is 0 Å². The van der Waals surface area contributed by atoms with E-state index in [0.717, 1.165) is 35.5 Å². The van der Waals surface area contributed by atoms with Gasteiger partial charge >= 0.3 is 6.03 Å². The van der Waals surface area contributed by atoms with Gasteiger partial charge in [-0.05, 0) is 51.2 Å². The van der Waals surface area contributed by atoms with Crippen molar-refractivity contribution in [2.75, 3.05) is 13.1 Å². The minimum Gasteiger partial charge on any atom is -0.466 e. The van der Waals surface area contributed by atoms with Crippen molar-refractivity contribution < 1.29 is 14.3 Å². The highest BCUT2D eigenvalue weighted by Crippen LogP contribution is 2.30. The quantitative estimate of drug-likeness (QED) is 0.866. The molecule has 140 valence electrons. The number of hydrogen-bond acceptors (Lipinski definition) is 3. The number of amides is 2. The first kappa shape index (κ1) is 18.5. The largest absolute Gasteiger partial charge is 0.466 e. The van der Waals surface area contributed by atoms with Crippen molar-refractivity contribution in [2.24, 2.45) is 5.92 Å². The topological polar surface area (TPSA) is 65.7 Å². The van der Waals surface area contributed by atoms with Gasteiger partial charge in [-0.15, -0.1) is 0 Å². The Morgan fingerprint density at radius 1 is 1.23 bits per heavy atom. The van der Waals surface area contributed by atoms with Crippen LogP contribution in [-0.4, -0.2) is 29.1 Å². The molecule has 5 heteroatoms. The maximum atomic E-state index is 12.6. The first-order valence-corrected chi connectivity index (χ1v) is 9.31. The standard InChI is InChI=1S/C21H28N2O3/c1-14-13-19(16(3)26-14)15(2)22-21(25)23-11-9-18(10-12-23)20(24)17-7-5-4-6-8-17/h4-8,13,15,18,20,24H,9-12H2,1-3H3,(H,22,25). The monoisotopic (exact) mass is 356 g/mol. The molecule has 0 aliphatic carbocycles. The lowest BCUT2D eigenvalue weighted by Gasteiger charge is -2.35. The lowest BCUT2D eigenvalue weighted by molar-refractivity contribution is 0.0662. The van der Waals surface area contributed by atoms with Gasteiger partial charge in [0.05, 0.1) is 12.1 Å². The molecule has 1 aromatic carbocycles. The highest BCUT2D eigenvalue weighted by Gasteiger charge is 2.29. The second-order valence-corrected chi connectivity index (χ2v) is 7.22. The first-order valence-electron chi connectivity index (χ1n) is 9.31. The van der Waals surface area contributed by atoms with Gasteiger partial charge in [-0.2, -0.15) is 0 Å². The molecule has 1 saturated heterocycles. The SMILES string of the molecule is Cc1cc(C(C)NC(=O)N2CCC(C(O)c3ccccc3)CC2)c(C)o1. The number of aliphatic hydroxyl groups is 1. The van der Waals surface area contributed by atoms with Gasteiger partial charge in [0, 0.05) is 18.7 Å². The number of benzene rings is 1.